The maximum Gasteiger partial charge on any atom is 0.324 e. The van der Waals surface area contributed by atoms with Gasteiger partial charge < -0.3 is 34.4 Å². The third kappa shape index (κ3) is 10.5. The summed E-state index contributed by atoms with van der Waals surface area (Å²) >= 11 is 0. The van der Waals surface area contributed by atoms with Gasteiger partial charge >= 0.3 is 5.97 Å². The van der Waals surface area contributed by atoms with Gasteiger partial charge in [0.25, 0.3) is 5.91 Å². The zero-order chi connectivity index (χ0) is 47.5. The molecule has 5 atom stereocenters. The number of hydrogen-bond acceptors (Lipinski definition) is 10. The van der Waals surface area contributed by atoms with E-state index >= 15 is 0 Å². The van der Waals surface area contributed by atoms with E-state index in [-0.39, 0.29) is 62.7 Å². The van der Waals surface area contributed by atoms with E-state index in [1.54, 1.807) is 50.9 Å². The molecule has 65 heavy (non-hydrogen) atoms. The van der Waals surface area contributed by atoms with Crippen molar-refractivity contribution in [3.63, 3.8) is 0 Å². The number of carbonyl (C=O) groups is 6. The fraction of sp³-hybridized carbons (Fsp3) is 0.562. The average molecular weight is 910 g/mol. The number of amides is 5. The highest BCUT2D eigenvalue weighted by Crippen LogP contribution is 2.41. The van der Waals surface area contributed by atoms with Gasteiger partial charge in [-0.05, 0) is 93.3 Å². The van der Waals surface area contributed by atoms with Gasteiger partial charge in [0.15, 0.2) is 0 Å². The molecule has 4 bridgehead atoms. The number of aryl methyl sites for hydroxylation is 1. The first-order valence-electron chi connectivity index (χ1n) is 22.7. The summed E-state index contributed by atoms with van der Waals surface area (Å²) in [5.74, 6) is -3.51. The van der Waals surface area contributed by atoms with Crippen molar-refractivity contribution >= 4 is 56.7 Å². The Labute approximate surface area is 385 Å². The lowest BCUT2D eigenvalue weighted by atomic mass is 9.84. The number of rotatable bonds is 9. The fourth-order valence-corrected chi connectivity index (χ4v) is 9.94. The molecule has 6 rings (SSSR count). The number of esters is 1. The van der Waals surface area contributed by atoms with Crippen LogP contribution < -0.4 is 10.7 Å². The molecule has 0 unspecified atom stereocenters. The number of fused-ring (bicyclic) bond motifs is 3. The molecule has 5 amide bonds. The van der Waals surface area contributed by atoms with E-state index in [9.17, 15) is 33.9 Å². The van der Waals surface area contributed by atoms with Crippen LogP contribution in [0.25, 0.3) is 22.2 Å². The van der Waals surface area contributed by atoms with Crippen LogP contribution in [0.1, 0.15) is 96.6 Å². The van der Waals surface area contributed by atoms with Gasteiger partial charge in [-0.3, -0.25) is 38.8 Å². The number of benzene rings is 1. The molecule has 1 aromatic carbocycles. The monoisotopic (exact) mass is 909 g/mol. The van der Waals surface area contributed by atoms with Gasteiger partial charge in [-0.2, -0.15) is 0 Å². The number of likely N-dealkylation sites (N-methyl/N-ethyl adjacent to an activating group) is 1. The Bertz CT molecular complexity index is 2330. The second-order valence-corrected chi connectivity index (χ2v) is 19.9. The number of likely N-dealkylation sites (tertiary alicyclic amines) is 1. The summed E-state index contributed by atoms with van der Waals surface area (Å²) < 4.78 is 8.28. The van der Waals surface area contributed by atoms with Gasteiger partial charge in [0.1, 0.15) is 17.2 Å². The minimum Gasteiger partial charge on any atom is -0.464 e. The van der Waals surface area contributed by atoms with E-state index < -0.39 is 52.5 Å². The number of hydrogen-bond donors (Lipinski definition) is 3. The zero-order valence-corrected chi connectivity index (χ0v) is 40.1. The Morgan fingerprint density at radius 1 is 1.14 bits per heavy atom. The topological polar surface area (TPSA) is 187 Å². The lowest BCUT2D eigenvalue weighted by Gasteiger charge is -2.41. The average Bonchev–Trinajstić information content (AvgIpc) is 3.89. The summed E-state index contributed by atoms with van der Waals surface area (Å²) in [4.78, 5) is 92.4. The maximum absolute atomic E-state index is 14.7. The van der Waals surface area contributed by atoms with Crippen molar-refractivity contribution < 1.29 is 38.6 Å². The molecular formula is C48H65N8O8Si. The SMILES string of the molecule is C=CC(=O)N1CC[C@H](C(=O)N(C)[C@H](C(=O)N[C@@]2([Si])CCC(=O)N(C)Cc3ccc4c(c3)c(c(-c3cccnc3[C@H](C)O)n4CC)CC(C)(C)COC(=O)[C@@H]3CCCN(N3)C2=O)C(C)C)C1. The first kappa shape index (κ1) is 49.0. The molecule has 3 aromatic rings. The number of ether oxygens (including phenoxy) is 1. The molecule has 0 spiro atoms. The van der Waals surface area contributed by atoms with E-state index in [1.165, 1.54) is 16.0 Å². The van der Waals surface area contributed by atoms with Gasteiger partial charge in [0, 0.05) is 81.3 Å². The van der Waals surface area contributed by atoms with Crippen molar-refractivity contribution in [1.82, 2.24) is 40.0 Å². The molecule has 3 aliphatic rings. The van der Waals surface area contributed by atoms with Crippen LogP contribution >= 0.6 is 0 Å². The van der Waals surface area contributed by atoms with Gasteiger partial charge in [-0.15, -0.1) is 0 Å². The van der Waals surface area contributed by atoms with E-state index in [1.807, 2.05) is 38.1 Å². The van der Waals surface area contributed by atoms with Gasteiger partial charge in [0.2, 0.25) is 23.6 Å². The van der Waals surface area contributed by atoms with E-state index in [0.717, 1.165) is 33.3 Å². The van der Waals surface area contributed by atoms with Gasteiger partial charge in [0.05, 0.1) is 40.3 Å². The highest BCUT2D eigenvalue weighted by Gasteiger charge is 2.45. The summed E-state index contributed by atoms with van der Waals surface area (Å²) in [6.45, 7) is 16.7. The second-order valence-electron chi connectivity index (χ2n) is 19.0. The maximum atomic E-state index is 14.7. The molecule has 3 aliphatic heterocycles. The molecule has 3 N–H and O–H groups in total. The Kier molecular flexibility index (Phi) is 15.1. The molecule has 5 heterocycles. The quantitative estimate of drug-likeness (QED) is 0.163. The third-order valence-electron chi connectivity index (χ3n) is 13.0. The number of cyclic esters (lactones) is 1. The molecule has 2 fully saturated rings. The molecule has 0 saturated carbocycles. The Morgan fingerprint density at radius 2 is 1.88 bits per heavy atom. The molecule has 16 nitrogen and oxygen atoms in total. The van der Waals surface area contributed by atoms with Crippen LogP contribution in [0, 0.1) is 17.3 Å². The van der Waals surface area contributed by atoms with Gasteiger partial charge in [-0.25, -0.2) is 5.43 Å². The lowest BCUT2D eigenvalue weighted by Crippen LogP contribution is -2.68. The van der Waals surface area contributed by atoms with E-state index in [0.29, 0.717) is 44.5 Å². The summed E-state index contributed by atoms with van der Waals surface area (Å²) in [6.07, 6.45) is 3.52. The summed E-state index contributed by atoms with van der Waals surface area (Å²) in [6, 6.07) is 8.05. The van der Waals surface area contributed by atoms with Crippen LogP contribution in [0.15, 0.2) is 49.2 Å². The fourth-order valence-electron chi connectivity index (χ4n) is 9.56. The number of pyridine rings is 1. The van der Waals surface area contributed by atoms with Crippen molar-refractivity contribution in [1.29, 1.82) is 0 Å². The van der Waals surface area contributed by atoms with Crippen molar-refractivity contribution in [3.05, 3.63) is 66.0 Å². The number of aliphatic hydroxyl groups excluding tert-OH is 1. The Balaban J connectivity index is 1.35. The zero-order valence-electron chi connectivity index (χ0n) is 39.1. The van der Waals surface area contributed by atoms with Crippen molar-refractivity contribution in [2.75, 3.05) is 40.3 Å². The number of nitrogens with one attached hydrogen (secondary N) is 2. The second kappa shape index (κ2) is 20.0. The molecule has 2 aromatic heterocycles. The van der Waals surface area contributed by atoms with Gasteiger partial charge in [-0.1, -0.05) is 40.3 Å². The molecule has 0 aliphatic carbocycles. The van der Waals surface area contributed by atoms with Crippen LogP contribution in [0.5, 0.6) is 0 Å². The number of nitrogens with zero attached hydrogens (tertiary/aromatic N) is 6. The summed E-state index contributed by atoms with van der Waals surface area (Å²) in [7, 11) is 6.92. The van der Waals surface area contributed by atoms with Crippen LogP contribution in [-0.4, -0.2) is 138 Å². The number of hydrazine groups is 1. The Morgan fingerprint density at radius 3 is 2.55 bits per heavy atom. The minimum atomic E-state index is -1.83. The first-order chi connectivity index (χ1) is 30.7. The minimum absolute atomic E-state index is 0.0633. The van der Waals surface area contributed by atoms with Crippen molar-refractivity contribution in [3.8, 4) is 11.3 Å². The highest BCUT2D eigenvalue weighted by atomic mass is 28.1. The number of carbonyl (C=O) groups excluding carboxylic acids is 6. The van der Waals surface area contributed by atoms with Crippen LogP contribution in [0.3, 0.4) is 0 Å². The predicted molar refractivity (Wildman–Crippen MR) is 246 cm³/mol. The summed E-state index contributed by atoms with van der Waals surface area (Å²) in [5, 5.41) is 14.2. The van der Waals surface area contributed by atoms with Crippen molar-refractivity contribution in [2.24, 2.45) is 17.3 Å². The normalized spacial score (nSPS) is 23.1. The molecule has 349 valence electrons. The number of aromatic nitrogens is 2. The third-order valence-corrected chi connectivity index (χ3v) is 13.6. The molecule has 17 heteroatoms. The van der Waals surface area contributed by atoms with Crippen LogP contribution in [0.2, 0.25) is 0 Å². The van der Waals surface area contributed by atoms with E-state index in [4.69, 9.17) is 4.74 Å². The van der Waals surface area contributed by atoms with E-state index in [2.05, 4.69) is 50.1 Å². The first-order valence-corrected chi connectivity index (χ1v) is 23.2. The highest BCUT2D eigenvalue weighted by molar-refractivity contribution is 6.29. The van der Waals surface area contributed by atoms with Crippen LogP contribution in [0.4, 0.5) is 0 Å². The lowest BCUT2D eigenvalue weighted by molar-refractivity contribution is -0.156. The standard InChI is InChI=1S/C48H65N8O8Si/c1-10-38(58)54-23-19-32(27-54)44(61)53(9)41(29(3)4)43(60)50-48(65)20-18-39(59)52(8)26-31-16-17-37-34(24-31)35(42(55(37)11-2)33-14-12-21-49-40(33)30(5)57)25-47(6,7)28-64-45(62)36-15-13-22-56(51-36)46(48)63/h10,12,14,16-17,21,24,29-30,32,36,41,51,57H,1,11,13,15,18-20,22-23,25-28H2,2-9H3,(H,50,60)/t30-,32-,36-,41-,48+/m0/s1. The van der Waals surface area contributed by atoms with Crippen LogP contribution in [-0.2, 0) is 53.0 Å². The molecule has 2 saturated heterocycles. The molecule has 3 radical (unpaired) electrons. The smallest absolute Gasteiger partial charge is 0.324 e. The largest absolute Gasteiger partial charge is 0.464 e. The molecular weight excluding hydrogens is 845 g/mol. The Hall–Kier alpha value is -5.39. The predicted octanol–water partition coefficient (Wildman–Crippen LogP) is 3.63. The summed E-state index contributed by atoms with van der Waals surface area (Å²) in [5.41, 5.74) is 7.58. The van der Waals surface area contributed by atoms with Crippen molar-refractivity contribution in [2.45, 2.75) is 117 Å². The number of aliphatic hydroxyl groups is 1.